The van der Waals surface area contributed by atoms with Crippen molar-refractivity contribution >= 4 is 5.78 Å². The molecule has 2 fully saturated rings. The van der Waals surface area contributed by atoms with Gasteiger partial charge < -0.3 is 5.11 Å². The van der Waals surface area contributed by atoms with Gasteiger partial charge in [0.05, 0.1) is 6.04 Å². The molecule has 2 unspecified atom stereocenters. The lowest BCUT2D eigenvalue weighted by molar-refractivity contribution is -0.125. The quantitative estimate of drug-likeness (QED) is 0.766. The lowest BCUT2D eigenvalue weighted by Gasteiger charge is -2.37. The lowest BCUT2D eigenvalue weighted by atomic mass is 9.92. The first-order valence-electron chi connectivity index (χ1n) is 7.19. The zero-order valence-corrected chi connectivity index (χ0v) is 10.7. The highest BCUT2D eigenvalue weighted by molar-refractivity contribution is 5.84. The summed E-state index contributed by atoms with van der Waals surface area (Å²) in [4.78, 5) is 14.5. The van der Waals surface area contributed by atoms with Gasteiger partial charge in [0, 0.05) is 19.6 Å². The fraction of sp³-hybridized carbons (Fsp3) is 0.929. The number of hydrogen-bond acceptors (Lipinski definition) is 3. The molecule has 3 nitrogen and oxygen atoms in total. The second-order valence-electron chi connectivity index (χ2n) is 5.60. The van der Waals surface area contributed by atoms with Gasteiger partial charge >= 0.3 is 0 Å². The van der Waals surface area contributed by atoms with Crippen LogP contribution in [0.2, 0.25) is 0 Å². The smallest absolute Gasteiger partial charge is 0.149 e. The molecule has 1 aliphatic carbocycles. The second-order valence-corrected chi connectivity index (χ2v) is 5.60. The van der Waals surface area contributed by atoms with Gasteiger partial charge in [0.25, 0.3) is 0 Å². The van der Waals surface area contributed by atoms with Crippen LogP contribution in [0.15, 0.2) is 0 Å². The van der Waals surface area contributed by atoms with E-state index in [1.54, 1.807) is 0 Å². The van der Waals surface area contributed by atoms with E-state index >= 15 is 0 Å². The summed E-state index contributed by atoms with van der Waals surface area (Å²) in [6.07, 6.45) is 8.66. The standard InChI is InChI=1S/C14H25NO2/c16-10-8-12-5-4-9-15(11-12)13-6-2-1-3-7-14(13)17/h12-13,16H,1-11H2. The third kappa shape index (κ3) is 3.52. The number of carbonyl (C=O) groups excluding carboxylic acids is 1. The van der Waals surface area contributed by atoms with Crippen LogP contribution in [0.1, 0.15) is 51.4 Å². The minimum Gasteiger partial charge on any atom is -0.396 e. The molecule has 1 heterocycles. The van der Waals surface area contributed by atoms with Gasteiger partial charge in [0.1, 0.15) is 5.78 Å². The summed E-state index contributed by atoms with van der Waals surface area (Å²) in [5.74, 6) is 1.07. The average molecular weight is 239 g/mol. The number of rotatable bonds is 3. The van der Waals surface area contributed by atoms with Crippen molar-refractivity contribution in [1.29, 1.82) is 0 Å². The lowest BCUT2D eigenvalue weighted by Crippen LogP contribution is -2.46. The van der Waals surface area contributed by atoms with Crippen LogP contribution in [0, 0.1) is 5.92 Å². The van der Waals surface area contributed by atoms with E-state index in [-0.39, 0.29) is 12.6 Å². The first-order valence-corrected chi connectivity index (χ1v) is 7.19. The van der Waals surface area contributed by atoms with Crippen molar-refractivity contribution in [2.45, 2.75) is 57.4 Å². The third-order valence-corrected chi connectivity index (χ3v) is 4.30. The molecule has 1 saturated heterocycles. The normalized spacial score (nSPS) is 32.4. The van der Waals surface area contributed by atoms with Gasteiger partial charge in [0.15, 0.2) is 0 Å². The van der Waals surface area contributed by atoms with Crippen LogP contribution in [-0.4, -0.2) is 41.5 Å². The minimum absolute atomic E-state index is 0.194. The molecule has 0 aromatic rings. The monoisotopic (exact) mass is 239 g/mol. The molecule has 1 aliphatic heterocycles. The molecule has 2 aliphatic rings. The molecule has 98 valence electrons. The fourth-order valence-electron chi connectivity index (χ4n) is 3.33. The molecule has 17 heavy (non-hydrogen) atoms. The summed E-state index contributed by atoms with van der Waals surface area (Å²) >= 11 is 0. The molecule has 0 spiro atoms. The Labute approximate surface area is 104 Å². The van der Waals surface area contributed by atoms with Crippen LogP contribution in [0.3, 0.4) is 0 Å². The average Bonchev–Trinajstić information content (AvgIpc) is 2.55. The SMILES string of the molecule is O=C1CCCCCC1N1CCCC(CCO)C1. The van der Waals surface area contributed by atoms with Crippen LogP contribution in [0.5, 0.6) is 0 Å². The van der Waals surface area contributed by atoms with Crippen molar-refractivity contribution in [2.24, 2.45) is 5.92 Å². The summed E-state index contributed by atoms with van der Waals surface area (Å²) < 4.78 is 0. The first kappa shape index (κ1) is 13.0. The van der Waals surface area contributed by atoms with Crippen molar-refractivity contribution in [3.63, 3.8) is 0 Å². The Hall–Kier alpha value is -0.410. The summed E-state index contributed by atoms with van der Waals surface area (Å²) in [7, 11) is 0. The number of piperidine rings is 1. The number of aliphatic hydroxyl groups is 1. The Balaban J connectivity index is 1.92. The Bertz CT molecular complexity index is 253. The molecule has 0 radical (unpaired) electrons. The third-order valence-electron chi connectivity index (χ3n) is 4.30. The highest BCUT2D eigenvalue weighted by Crippen LogP contribution is 2.26. The van der Waals surface area contributed by atoms with Crippen molar-refractivity contribution in [2.75, 3.05) is 19.7 Å². The molecule has 1 saturated carbocycles. The van der Waals surface area contributed by atoms with Gasteiger partial charge in [-0.2, -0.15) is 0 Å². The van der Waals surface area contributed by atoms with Gasteiger partial charge in [-0.1, -0.05) is 12.8 Å². The van der Waals surface area contributed by atoms with Crippen LogP contribution < -0.4 is 0 Å². The van der Waals surface area contributed by atoms with Gasteiger partial charge in [0.2, 0.25) is 0 Å². The van der Waals surface area contributed by atoms with Gasteiger partial charge in [-0.25, -0.2) is 0 Å². The van der Waals surface area contributed by atoms with E-state index in [1.165, 1.54) is 25.7 Å². The Morgan fingerprint density at radius 3 is 2.88 bits per heavy atom. The molecule has 0 bridgehead atoms. The number of carbonyl (C=O) groups is 1. The summed E-state index contributed by atoms with van der Waals surface area (Å²) in [5, 5.41) is 9.03. The molecule has 0 aromatic carbocycles. The molecule has 0 aromatic heterocycles. The number of ketones is 1. The number of likely N-dealkylation sites (tertiary alicyclic amines) is 1. The van der Waals surface area contributed by atoms with E-state index in [0.29, 0.717) is 11.7 Å². The van der Waals surface area contributed by atoms with E-state index in [2.05, 4.69) is 4.90 Å². The van der Waals surface area contributed by atoms with Crippen molar-refractivity contribution in [1.82, 2.24) is 4.90 Å². The Kier molecular flexibility index (Phi) is 4.99. The highest BCUT2D eigenvalue weighted by Gasteiger charge is 2.30. The molecule has 1 N–H and O–H groups in total. The van der Waals surface area contributed by atoms with Gasteiger partial charge in [-0.3, -0.25) is 9.69 Å². The second kappa shape index (κ2) is 6.50. The Morgan fingerprint density at radius 2 is 2.06 bits per heavy atom. The van der Waals surface area contributed by atoms with Gasteiger partial charge in [-0.05, 0) is 44.6 Å². The van der Waals surface area contributed by atoms with Crippen LogP contribution in [-0.2, 0) is 4.79 Å². The van der Waals surface area contributed by atoms with E-state index in [0.717, 1.165) is 38.8 Å². The number of aliphatic hydroxyl groups excluding tert-OH is 1. The summed E-state index contributed by atoms with van der Waals surface area (Å²) in [5.41, 5.74) is 0. The predicted octanol–water partition coefficient (Wildman–Crippen LogP) is 1.98. The maximum Gasteiger partial charge on any atom is 0.149 e. The molecular formula is C14H25NO2. The molecule has 2 rings (SSSR count). The number of hydrogen-bond donors (Lipinski definition) is 1. The maximum atomic E-state index is 12.1. The van der Waals surface area contributed by atoms with E-state index in [1.807, 2.05) is 0 Å². The highest BCUT2D eigenvalue weighted by atomic mass is 16.3. The van der Waals surface area contributed by atoms with Crippen LogP contribution in [0.4, 0.5) is 0 Å². The van der Waals surface area contributed by atoms with Crippen molar-refractivity contribution in [3.05, 3.63) is 0 Å². The van der Waals surface area contributed by atoms with Crippen LogP contribution in [0.25, 0.3) is 0 Å². The number of nitrogens with zero attached hydrogens (tertiary/aromatic N) is 1. The Morgan fingerprint density at radius 1 is 1.18 bits per heavy atom. The molecule has 3 heteroatoms. The molecular weight excluding hydrogens is 214 g/mol. The first-order chi connectivity index (χ1) is 8.31. The van der Waals surface area contributed by atoms with Crippen molar-refractivity contribution < 1.29 is 9.90 Å². The van der Waals surface area contributed by atoms with Gasteiger partial charge in [-0.15, -0.1) is 0 Å². The fourth-order valence-corrected chi connectivity index (χ4v) is 3.33. The van der Waals surface area contributed by atoms with E-state index in [9.17, 15) is 4.79 Å². The zero-order chi connectivity index (χ0) is 12.1. The molecule has 0 amide bonds. The minimum atomic E-state index is 0.194. The largest absolute Gasteiger partial charge is 0.396 e. The number of Topliss-reactive ketones (excluding diaryl/α,β-unsaturated/α-hetero) is 1. The van der Waals surface area contributed by atoms with E-state index in [4.69, 9.17) is 5.11 Å². The predicted molar refractivity (Wildman–Crippen MR) is 67.9 cm³/mol. The molecule has 2 atom stereocenters. The zero-order valence-electron chi connectivity index (χ0n) is 10.7. The topological polar surface area (TPSA) is 40.5 Å². The van der Waals surface area contributed by atoms with Crippen LogP contribution >= 0.6 is 0 Å². The van der Waals surface area contributed by atoms with Crippen molar-refractivity contribution in [3.8, 4) is 0 Å². The summed E-state index contributed by atoms with van der Waals surface area (Å²) in [6.45, 7) is 2.40. The van der Waals surface area contributed by atoms with E-state index < -0.39 is 0 Å². The summed E-state index contributed by atoms with van der Waals surface area (Å²) in [6, 6.07) is 0.194. The maximum absolute atomic E-state index is 12.1.